The number of hydrogen-bond acceptors (Lipinski definition) is 3. The Kier molecular flexibility index (Phi) is 7.46. The van der Waals surface area contributed by atoms with E-state index >= 15 is 0 Å². The van der Waals surface area contributed by atoms with E-state index in [1.54, 1.807) is 7.11 Å². The third kappa shape index (κ3) is 5.43. The maximum absolute atomic E-state index is 5.73. The van der Waals surface area contributed by atoms with Gasteiger partial charge in [0.2, 0.25) is 0 Å². The second kappa shape index (κ2) is 9.36. The van der Waals surface area contributed by atoms with E-state index in [0.29, 0.717) is 6.61 Å². The summed E-state index contributed by atoms with van der Waals surface area (Å²) in [6, 6.07) is 0. The Morgan fingerprint density at radius 1 is 1.32 bits per heavy atom. The van der Waals surface area contributed by atoms with Crippen LogP contribution in [0.4, 0.5) is 0 Å². The van der Waals surface area contributed by atoms with Crippen LogP contribution in [0.3, 0.4) is 0 Å². The van der Waals surface area contributed by atoms with Crippen LogP contribution in [0.5, 0.6) is 0 Å². The predicted molar refractivity (Wildman–Crippen MR) is 90.3 cm³/mol. The second-order valence-corrected chi connectivity index (χ2v) is 6.71. The minimum Gasteiger partial charge on any atom is -0.382 e. The highest BCUT2D eigenvalue weighted by atomic mass is 16.5. The number of guanidine groups is 1. The van der Waals surface area contributed by atoms with Crippen LogP contribution in [-0.2, 0) is 9.47 Å². The number of nitrogens with zero attached hydrogens (tertiary/aromatic N) is 2. The summed E-state index contributed by atoms with van der Waals surface area (Å²) >= 11 is 0. The molecule has 1 unspecified atom stereocenters. The molecular formula is C17H33N3O2. The van der Waals surface area contributed by atoms with Crippen molar-refractivity contribution in [1.82, 2.24) is 10.2 Å². The number of hydrogen-bond donors (Lipinski definition) is 1. The number of aliphatic imine (C=N–C) groups is 1. The lowest BCUT2D eigenvalue weighted by Crippen LogP contribution is -2.51. The Balaban J connectivity index is 1.88. The van der Waals surface area contributed by atoms with Gasteiger partial charge in [0.1, 0.15) is 0 Å². The molecule has 0 spiro atoms. The van der Waals surface area contributed by atoms with Crippen molar-refractivity contribution in [3.63, 3.8) is 0 Å². The molecule has 1 heterocycles. The average Bonchev–Trinajstić information content (AvgIpc) is 2.53. The molecule has 0 bridgehead atoms. The van der Waals surface area contributed by atoms with Crippen LogP contribution in [-0.4, -0.2) is 63.5 Å². The van der Waals surface area contributed by atoms with Gasteiger partial charge in [-0.3, -0.25) is 4.99 Å². The third-order valence-electron chi connectivity index (χ3n) is 4.76. The molecule has 5 heteroatoms. The van der Waals surface area contributed by atoms with Crippen molar-refractivity contribution in [1.29, 1.82) is 0 Å². The molecule has 1 atom stereocenters. The summed E-state index contributed by atoms with van der Waals surface area (Å²) in [5.74, 6) is 2.72. The summed E-state index contributed by atoms with van der Waals surface area (Å²) in [5, 5.41) is 3.44. The molecule has 5 nitrogen and oxygen atoms in total. The molecule has 0 radical (unpaired) electrons. The van der Waals surface area contributed by atoms with Crippen LogP contribution in [0.2, 0.25) is 0 Å². The monoisotopic (exact) mass is 311 g/mol. The van der Waals surface area contributed by atoms with Gasteiger partial charge in [0.15, 0.2) is 5.96 Å². The lowest BCUT2D eigenvalue weighted by Gasteiger charge is -2.35. The number of morpholine rings is 1. The molecule has 128 valence electrons. The molecule has 0 aromatic heterocycles. The maximum atomic E-state index is 5.73. The van der Waals surface area contributed by atoms with Gasteiger partial charge in [-0.25, -0.2) is 0 Å². The van der Waals surface area contributed by atoms with Crippen LogP contribution < -0.4 is 5.32 Å². The highest BCUT2D eigenvalue weighted by Crippen LogP contribution is 2.28. The zero-order valence-electron chi connectivity index (χ0n) is 14.5. The molecular weight excluding hydrogens is 278 g/mol. The van der Waals surface area contributed by atoms with Gasteiger partial charge in [0.05, 0.1) is 19.3 Å². The Bertz CT molecular complexity index is 339. The van der Waals surface area contributed by atoms with Gasteiger partial charge in [-0.2, -0.15) is 0 Å². The summed E-state index contributed by atoms with van der Waals surface area (Å²) < 4.78 is 11.0. The van der Waals surface area contributed by atoms with E-state index in [-0.39, 0.29) is 6.10 Å². The molecule has 1 saturated heterocycles. The first-order valence-corrected chi connectivity index (χ1v) is 8.86. The van der Waals surface area contributed by atoms with Crippen molar-refractivity contribution in [3.8, 4) is 0 Å². The molecule has 1 aliphatic heterocycles. The van der Waals surface area contributed by atoms with Crippen molar-refractivity contribution < 1.29 is 9.47 Å². The minimum absolute atomic E-state index is 0.151. The van der Waals surface area contributed by atoms with Crippen LogP contribution in [0, 0.1) is 11.8 Å². The maximum Gasteiger partial charge on any atom is 0.194 e. The van der Waals surface area contributed by atoms with Crippen LogP contribution in [0.1, 0.15) is 39.5 Å². The van der Waals surface area contributed by atoms with E-state index in [9.17, 15) is 0 Å². The van der Waals surface area contributed by atoms with E-state index in [0.717, 1.165) is 50.6 Å². The first-order valence-electron chi connectivity index (χ1n) is 8.86. The molecule has 2 fully saturated rings. The number of ether oxygens (including phenoxy) is 2. The van der Waals surface area contributed by atoms with E-state index in [2.05, 4.69) is 24.1 Å². The highest BCUT2D eigenvalue weighted by molar-refractivity contribution is 5.80. The summed E-state index contributed by atoms with van der Waals surface area (Å²) in [6.45, 7) is 9.54. The molecule has 1 aliphatic carbocycles. The van der Waals surface area contributed by atoms with Gasteiger partial charge in [0, 0.05) is 33.3 Å². The molecule has 1 N–H and O–H groups in total. The topological polar surface area (TPSA) is 46.1 Å². The van der Waals surface area contributed by atoms with Gasteiger partial charge >= 0.3 is 0 Å². The summed E-state index contributed by atoms with van der Waals surface area (Å²) in [4.78, 5) is 7.24. The Labute approximate surface area is 135 Å². The van der Waals surface area contributed by atoms with Gasteiger partial charge in [0.25, 0.3) is 0 Å². The van der Waals surface area contributed by atoms with E-state index in [1.807, 2.05) is 0 Å². The SMILES string of the molecule is CCNC(=NCC1CCC(C)CC1)N1CCOC(COC)C1. The van der Waals surface area contributed by atoms with Crippen molar-refractivity contribution in [3.05, 3.63) is 0 Å². The Morgan fingerprint density at radius 2 is 2.09 bits per heavy atom. The van der Waals surface area contributed by atoms with Crippen LogP contribution >= 0.6 is 0 Å². The summed E-state index contributed by atoms with van der Waals surface area (Å²) in [6.07, 6.45) is 5.55. The molecule has 0 aromatic rings. The average molecular weight is 311 g/mol. The van der Waals surface area contributed by atoms with Crippen molar-refractivity contribution >= 4 is 5.96 Å². The first-order chi connectivity index (χ1) is 10.7. The molecule has 2 rings (SSSR count). The van der Waals surface area contributed by atoms with Gasteiger partial charge in [-0.1, -0.05) is 19.8 Å². The van der Waals surface area contributed by atoms with E-state index < -0.39 is 0 Å². The fourth-order valence-corrected chi connectivity index (χ4v) is 3.35. The van der Waals surface area contributed by atoms with E-state index in [4.69, 9.17) is 14.5 Å². The zero-order chi connectivity index (χ0) is 15.8. The largest absolute Gasteiger partial charge is 0.382 e. The lowest BCUT2D eigenvalue weighted by molar-refractivity contribution is -0.0447. The van der Waals surface area contributed by atoms with Crippen molar-refractivity contribution in [2.24, 2.45) is 16.8 Å². The van der Waals surface area contributed by atoms with Gasteiger partial charge < -0.3 is 19.7 Å². The third-order valence-corrected chi connectivity index (χ3v) is 4.76. The van der Waals surface area contributed by atoms with Crippen LogP contribution in [0.15, 0.2) is 4.99 Å². The number of methoxy groups -OCH3 is 1. The second-order valence-electron chi connectivity index (χ2n) is 6.71. The number of nitrogens with one attached hydrogen (secondary N) is 1. The quantitative estimate of drug-likeness (QED) is 0.624. The highest BCUT2D eigenvalue weighted by Gasteiger charge is 2.23. The normalized spacial score (nSPS) is 30.4. The minimum atomic E-state index is 0.151. The fraction of sp³-hybridized carbons (Fsp3) is 0.941. The van der Waals surface area contributed by atoms with Crippen molar-refractivity contribution in [2.45, 2.75) is 45.6 Å². The number of rotatable bonds is 5. The molecule has 0 aromatic carbocycles. The van der Waals surface area contributed by atoms with Gasteiger partial charge in [-0.05, 0) is 31.6 Å². The standard InChI is InChI=1S/C17H33N3O2/c1-4-18-17(19-11-15-7-5-14(2)6-8-15)20-9-10-22-16(12-20)13-21-3/h14-16H,4-13H2,1-3H3,(H,18,19). The molecule has 2 aliphatic rings. The smallest absolute Gasteiger partial charge is 0.194 e. The fourth-order valence-electron chi connectivity index (χ4n) is 3.35. The molecule has 0 amide bonds. The van der Waals surface area contributed by atoms with E-state index in [1.165, 1.54) is 25.7 Å². The Morgan fingerprint density at radius 3 is 2.77 bits per heavy atom. The zero-order valence-corrected chi connectivity index (χ0v) is 14.5. The summed E-state index contributed by atoms with van der Waals surface area (Å²) in [7, 11) is 1.73. The Hall–Kier alpha value is -0.810. The summed E-state index contributed by atoms with van der Waals surface area (Å²) in [5.41, 5.74) is 0. The van der Waals surface area contributed by atoms with Crippen molar-refractivity contribution in [2.75, 3.05) is 46.5 Å². The molecule has 22 heavy (non-hydrogen) atoms. The lowest BCUT2D eigenvalue weighted by atomic mass is 9.83. The first kappa shape index (κ1) is 17.5. The predicted octanol–water partition coefficient (Wildman–Crippen LogP) is 2.13. The van der Waals surface area contributed by atoms with Crippen LogP contribution in [0.25, 0.3) is 0 Å². The van der Waals surface area contributed by atoms with Gasteiger partial charge in [-0.15, -0.1) is 0 Å². The molecule has 1 saturated carbocycles.